The Kier molecular flexibility index (Phi) is 6.39. The second-order valence-electron chi connectivity index (χ2n) is 4.26. The van der Waals surface area contributed by atoms with Crippen LogP contribution in [0.15, 0.2) is 30.3 Å². The molecule has 1 rings (SSSR count). The molecule has 1 N–H and O–H groups in total. The number of carboxylic acids is 1. The Balaban J connectivity index is 2.65. The molecule has 0 aromatic heterocycles. The summed E-state index contributed by atoms with van der Waals surface area (Å²) in [6.45, 7) is 3.97. The van der Waals surface area contributed by atoms with Crippen molar-refractivity contribution >= 4 is 5.97 Å². The maximum atomic E-state index is 10.7. The smallest absolute Gasteiger partial charge is 0.304 e. The summed E-state index contributed by atoms with van der Waals surface area (Å²) in [5, 5.41) is 8.78. The van der Waals surface area contributed by atoms with Crippen LogP contribution >= 0.6 is 0 Å². The van der Waals surface area contributed by atoms with Crippen molar-refractivity contribution in [3.05, 3.63) is 35.9 Å². The summed E-state index contributed by atoms with van der Waals surface area (Å²) in [7, 11) is 1.66. The first-order chi connectivity index (χ1) is 8.65. The molecule has 0 radical (unpaired) electrons. The molecule has 0 fully saturated rings. The van der Waals surface area contributed by atoms with Gasteiger partial charge >= 0.3 is 5.97 Å². The van der Waals surface area contributed by atoms with E-state index in [1.165, 1.54) is 5.56 Å². The van der Waals surface area contributed by atoms with Crippen LogP contribution < -0.4 is 0 Å². The number of hydrogen-bond donors (Lipinski definition) is 1. The molecule has 0 saturated heterocycles. The van der Waals surface area contributed by atoms with Crippen molar-refractivity contribution in [3.63, 3.8) is 0 Å². The Hall–Kier alpha value is -1.39. The maximum Gasteiger partial charge on any atom is 0.304 e. The number of ether oxygens (including phenoxy) is 1. The molecule has 100 valence electrons. The third kappa shape index (κ3) is 4.85. The molecule has 0 aliphatic rings. The minimum Gasteiger partial charge on any atom is -0.481 e. The van der Waals surface area contributed by atoms with E-state index in [1.54, 1.807) is 7.11 Å². The fraction of sp³-hybridized carbons (Fsp3) is 0.500. The Bertz CT molecular complexity index is 353. The van der Waals surface area contributed by atoms with E-state index in [2.05, 4.69) is 24.0 Å². The molecular formula is C14H21NO3. The van der Waals surface area contributed by atoms with E-state index in [4.69, 9.17) is 9.84 Å². The molecule has 4 nitrogen and oxygen atoms in total. The molecule has 4 heteroatoms. The zero-order chi connectivity index (χ0) is 13.4. The van der Waals surface area contributed by atoms with E-state index in [0.717, 1.165) is 6.54 Å². The Labute approximate surface area is 108 Å². The molecule has 18 heavy (non-hydrogen) atoms. The van der Waals surface area contributed by atoms with Crippen molar-refractivity contribution in [2.24, 2.45) is 0 Å². The number of benzene rings is 1. The van der Waals surface area contributed by atoms with Crippen molar-refractivity contribution in [1.82, 2.24) is 4.90 Å². The van der Waals surface area contributed by atoms with E-state index in [9.17, 15) is 4.79 Å². The van der Waals surface area contributed by atoms with Crippen LogP contribution in [0.4, 0.5) is 0 Å². The minimum atomic E-state index is -0.766. The van der Waals surface area contributed by atoms with Gasteiger partial charge in [-0.15, -0.1) is 0 Å². The van der Waals surface area contributed by atoms with Gasteiger partial charge in [-0.25, -0.2) is 0 Å². The predicted molar refractivity (Wildman–Crippen MR) is 70.6 cm³/mol. The Morgan fingerprint density at radius 1 is 1.33 bits per heavy atom. The van der Waals surface area contributed by atoms with Gasteiger partial charge in [0.1, 0.15) is 0 Å². The fourth-order valence-electron chi connectivity index (χ4n) is 1.89. The van der Waals surface area contributed by atoms with Crippen molar-refractivity contribution in [2.45, 2.75) is 19.4 Å². The maximum absolute atomic E-state index is 10.7. The summed E-state index contributed by atoms with van der Waals surface area (Å²) in [4.78, 5) is 12.8. The van der Waals surface area contributed by atoms with Gasteiger partial charge in [0.05, 0.1) is 13.0 Å². The molecule has 0 amide bonds. The highest BCUT2D eigenvalue weighted by atomic mass is 16.5. The number of methoxy groups -OCH3 is 1. The first-order valence-electron chi connectivity index (χ1n) is 6.15. The largest absolute Gasteiger partial charge is 0.481 e. The lowest BCUT2D eigenvalue weighted by molar-refractivity contribution is -0.137. The number of aliphatic carboxylic acids is 1. The van der Waals surface area contributed by atoms with Crippen LogP contribution in [-0.4, -0.2) is 42.8 Å². The van der Waals surface area contributed by atoms with Gasteiger partial charge in [-0.05, 0) is 12.5 Å². The summed E-state index contributed by atoms with van der Waals surface area (Å²) >= 11 is 0. The monoisotopic (exact) mass is 251 g/mol. The van der Waals surface area contributed by atoms with E-state index in [-0.39, 0.29) is 12.5 Å². The van der Waals surface area contributed by atoms with Gasteiger partial charge in [-0.1, -0.05) is 30.3 Å². The first kappa shape index (κ1) is 14.7. The minimum absolute atomic E-state index is 0.154. The van der Waals surface area contributed by atoms with Crippen molar-refractivity contribution < 1.29 is 14.6 Å². The number of hydrogen-bond acceptors (Lipinski definition) is 3. The number of nitrogens with zero attached hydrogens (tertiary/aromatic N) is 1. The molecule has 0 aliphatic carbocycles. The Morgan fingerprint density at radius 2 is 2.00 bits per heavy atom. The second-order valence-corrected chi connectivity index (χ2v) is 4.26. The topological polar surface area (TPSA) is 49.8 Å². The third-order valence-electron chi connectivity index (χ3n) is 3.03. The van der Waals surface area contributed by atoms with Crippen LogP contribution in [-0.2, 0) is 9.53 Å². The van der Waals surface area contributed by atoms with Crippen LogP contribution in [0.25, 0.3) is 0 Å². The van der Waals surface area contributed by atoms with Crippen LogP contribution in [0.1, 0.15) is 24.9 Å². The molecule has 1 unspecified atom stereocenters. The summed E-state index contributed by atoms with van der Waals surface area (Å²) in [6.07, 6.45) is 0.154. The molecule has 0 aliphatic heterocycles. The van der Waals surface area contributed by atoms with Gasteiger partial charge in [-0.3, -0.25) is 9.69 Å². The van der Waals surface area contributed by atoms with Gasteiger partial charge in [-0.2, -0.15) is 0 Å². The normalized spacial score (nSPS) is 12.6. The highest BCUT2D eigenvalue weighted by molar-refractivity contribution is 5.66. The number of carboxylic acid groups (broad SMARTS) is 1. The fourth-order valence-corrected chi connectivity index (χ4v) is 1.89. The third-order valence-corrected chi connectivity index (χ3v) is 3.03. The number of rotatable bonds is 8. The lowest BCUT2D eigenvalue weighted by Crippen LogP contribution is -2.32. The molecule has 0 heterocycles. The zero-order valence-corrected chi connectivity index (χ0v) is 11.0. The average Bonchev–Trinajstić information content (AvgIpc) is 2.39. The number of carbonyl (C=O) groups is 1. The van der Waals surface area contributed by atoms with Crippen molar-refractivity contribution in [2.75, 3.05) is 26.8 Å². The SMILES string of the molecule is COCCN(CCC(=O)O)C(C)c1ccccc1. The molecular weight excluding hydrogens is 230 g/mol. The summed E-state index contributed by atoms with van der Waals surface area (Å²) < 4.78 is 5.08. The van der Waals surface area contributed by atoms with E-state index in [1.807, 2.05) is 18.2 Å². The van der Waals surface area contributed by atoms with Gasteiger partial charge in [0.2, 0.25) is 0 Å². The highest BCUT2D eigenvalue weighted by Gasteiger charge is 2.16. The zero-order valence-electron chi connectivity index (χ0n) is 11.0. The first-order valence-corrected chi connectivity index (χ1v) is 6.15. The molecule has 0 bridgehead atoms. The summed E-state index contributed by atoms with van der Waals surface area (Å²) in [5.74, 6) is -0.766. The molecule has 1 aromatic carbocycles. The van der Waals surface area contributed by atoms with E-state index >= 15 is 0 Å². The van der Waals surface area contributed by atoms with Crippen LogP contribution in [0.3, 0.4) is 0 Å². The van der Waals surface area contributed by atoms with E-state index < -0.39 is 5.97 Å². The summed E-state index contributed by atoms with van der Waals surface area (Å²) in [5.41, 5.74) is 1.19. The van der Waals surface area contributed by atoms with Crippen LogP contribution in [0.5, 0.6) is 0 Å². The standard InChI is InChI=1S/C14H21NO3/c1-12(13-6-4-3-5-7-13)15(10-11-18-2)9-8-14(16)17/h3-7,12H,8-11H2,1-2H3,(H,16,17). The van der Waals surface area contributed by atoms with E-state index in [0.29, 0.717) is 13.2 Å². The van der Waals surface area contributed by atoms with Gasteiger partial charge in [0.25, 0.3) is 0 Å². The second kappa shape index (κ2) is 7.84. The quantitative estimate of drug-likeness (QED) is 0.769. The average molecular weight is 251 g/mol. The summed E-state index contributed by atoms with van der Waals surface area (Å²) in [6, 6.07) is 10.3. The van der Waals surface area contributed by atoms with Crippen LogP contribution in [0.2, 0.25) is 0 Å². The van der Waals surface area contributed by atoms with Gasteiger partial charge < -0.3 is 9.84 Å². The van der Waals surface area contributed by atoms with Crippen molar-refractivity contribution in [3.8, 4) is 0 Å². The van der Waals surface area contributed by atoms with Gasteiger partial charge in [0, 0.05) is 26.2 Å². The lowest BCUT2D eigenvalue weighted by atomic mass is 10.1. The van der Waals surface area contributed by atoms with Gasteiger partial charge in [0.15, 0.2) is 0 Å². The molecule has 0 spiro atoms. The molecule has 1 aromatic rings. The Morgan fingerprint density at radius 3 is 2.56 bits per heavy atom. The highest BCUT2D eigenvalue weighted by Crippen LogP contribution is 2.19. The predicted octanol–water partition coefficient (Wildman–Crippen LogP) is 2.17. The molecule has 1 atom stereocenters. The lowest BCUT2D eigenvalue weighted by Gasteiger charge is -2.28. The van der Waals surface area contributed by atoms with Crippen molar-refractivity contribution in [1.29, 1.82) is 0 Å². The van der Waals surface area contributed by atoms with Crippen LogP contribution in [0, 0.1) is 0 Å². The molecule has 0 saturated carbocycles.